The molecule has 0 saturated heterocycles. The van der Waals surface area contributed by atoms with Crippen molar-refractivity contribution in [3.05, 3.63) is 11.5 Å². The van der Waals surface area contributed by atoms with Gasteiger partial charge in [-0.25, -0.2) is 9.97 Å². The molecule has 0 radical (unpaired) electrons. The number of rotatable bonds is 0. The van der Waals surface area contributed by atoms with Crippen LogP contribution in [0.25, 0.3) is 0 Å². The molecule has 1 aliphatic rings. The standard InChI is InChI=1S/C7H9N3O/c1-4-9-5-2-3-11-6(5)7(8)10-4/h2-3H2,1H3,(H2,8,9,10). The van der Waals surface area contributed by atoms with Gasteiger partial charge in [-0.1, -0.05) is 0 Å². The molecule has 2 heterocycles. The number of aryl methyl sites for hydroxylation is 1. The SMILES string of the molecule is Cc1nc(N)c2c(n1)CCO2. The summed E-state index contributed by atoms with van der Waals surface area (Å²) in [5.74, 6) is 1.85. The Morgan fingerprint density at radius 1 is 1.45 bits per heavy atom. The third-order valence-electron chi connectivity index (χ3n) is 1.66. The summed E-state index contributed by atoms with van der Waals surface area (Å²) in [5.41, 5.74) is 6.54. The molecule has 2 rings (SSSR count). The highest BCUT2D eigenvalue weighted by Crippen LogP contribution is 2.27. The number of nitrogens with two attached hydrogens (primary N) is 1. The summed E-state index contributed by atoms with van der Waals surface area (Å²) in [7, 11) is 0. The fraction of sp³-hybridized carbons (Fsp3) is 0.429. The van der Waals surface area contributed by atoms with Crippen molar-refractivity contribution >= 4 is 5.82 Å². The number of anilines is 1. The molecule has 0 amide bonds. The van der Waals surface area contributed by atoms with Gasteiger partial charge in [0, 0.05) is 6.42 Å². The van der Waals surface area contributed by atoms with Crippen LogP contribution in [-0.4, -0.2) is 16.6 Å². The minimum atomic E-state index is 0.463. The van der Waals surface area contributed by atoms with Gasteiger partial charge in [0.1, 0.15) is 5.82 Å². The highest BCUT2D eigenvalue weighted by Gasteiger charge is 2.17. The van der Waals surface area contributed by atoms with E-state index >= 15 is 0 Å². The van der Waals surface area contributed by atoms with E-state index in [1.54, 1.807) is 0 Å². The van der Waals surface area contributed by atoms with Crippen LogP contribution in [0.4, 0.5) is 5.82 Å². The summed E-state index contributed by atoms with van der Waals surface area (Å²) in [5, 5.41) is 0. The second kappa shape index (κ2) is 2.08. The number of nitrogens with zero attached hydrogens (tertiary/aromatic N) is 2. The summed E-state index contributed by atoms with van der Waals surface area (Å²) < 4.78 is 5.23. The Kier molecular flexibility index (Phi) is 1.21. The van der Waals surface area contributed by atoms with E-state index in [0.717, 1.165) is 12.1 Å². The van der Waals surface area contributed by atoms with Crippen LogP contribution < -0.4 is 10.5 Å². The lowest BCUT2D eigenvalue weighted by atomic mass is 10.3. The minimum Gasteiger partial charge on any atom is -0.487 e. The minimum absolute atomic E-state index is 0.463. The van der Waals surface area contributed by atoms with Crippen molar-refractivity contribution in [2.24, 2.45) is 0 Å². The smallest absolute Gasteiger partial charge is 0.183 e. The first-order valence-corrected chi connectivity index (χ1v) is 3.53. The first-order valence-electron chi connectivity index (χ1n) is 3.53. The van der Waals surface area contributed by atoms with Gasteiger partial charge >= 0.3 is 0 Å². The second-order valence-corrected chi connectivity index (χ2v) is 2.53. The molecule has 4 heteroatoms. The molecule has 4 nitrogen and oxygen atoms in total. The monoisotopic (exact) mass is 151 g/mol. The van der Waals surface area contributed by atoms with Crippen LogP contribution in [0.15, 0.2) is 0 Å². The molecule has 0 bridgehead atoms. The van der Waals surface area contributed by atoms with Crippen LogP contribution in [0.1, 0.15) is 11.5 Å². The van der Waals surface area contributed by atoms with Crippen molar-refractivity contribution in [1.29, 1.82) is 0 Å². The van der Waals surface area contributed by atoms with E-state index in [0.29, 0.717) is 24.0 Å². The number of fused-ring (bicyclic) bond motifs is 1. The van der Waals surface area contributed by atoms with E-state index in [4.69, 9.17) is 10.5 Å². The normalized spacial score (nSPS) is 14.3. The lowest BCUT2D eigenvalue weighted by molar-refractivity contribution is 0.357. The van der Waals surface area contributed by atoms with Crippen LogP contribution in [0.3, 0.4) is 0 Å². The summed E-state index contributed by atoms with van der Waals surface area (Å²) in [6, 6.07) is 0. The van der Waals surface area contributed by atoms with Gasteiger partial charge in [0.2, 0.25) is 0 Å². The zero-order valence-corrected chi connectivity index (χ0v) is 6.29. The maximum atomic E-state index is 5.60. The predicted octanol–water partition coefficient (Wildman–Crippen LogP) is 0.302. The Hall–Kier alpha value is -1.32. The Balaban J connectivity index is 2.60. The van der Waals surface area contributed by atoms with E-state index < -0.39 is 0 Å². The number of ether oxygens (including phenoxy) is 1. The Morgan fingerprint density at radius 3 is 3.09 bits per heavy atom. The number of nitrogen functional groups attached to an aromatic ring is 1. The Morgan fingerprint density at radius 2 is 2.27 bits per heavy atom. The van der Waals surface area contributed by atoms with Gasteiger partial charge in [-0.15, -0.1) is 0 Å². The van der Waals surface area contributed by atoms with Crippen LogP contribution in [0.5, 0.6) is 5.75 Å². The molecule has 58 valence electrons. The van der Waals surface area contributed by atoms with Gasteiger partial charge in [0.25, 0.3) is 0 Å². The predicted molar refractivity (Wildman–Crippen MR) is 40.4 cm³/mol. The molecule has 0 aromatic carbocycles. The van der Waals surface area contributed by atoms with E-state index in [9.17, 15) is 0 Å². The van der Waals surface area contributed by atoms with E-state index in [1.807, 2.05) is 6.92 Å². The molecule has 1 aliphatic heterocycles. The molecule has 0 fully saturated rings. The fourth-order valence-corrected chi connectivity index (χ4v) is 1.22. The van der Waals surface area contributed by atoms with E-state index in [-0.39, 0.29) is 0 Å². The molecule has 1 aromatic heterocycles. The van der Waals surface area contributed by atoms with Crippen LogP contribution in [0, 0.1) is 6.92 Å². The van der Waals surface area contributed by atoms with Crippen molar-refractivity contribution in [3.63, 3.8) is 0 Å². The van der Waals surface area contributed by atoms with Gasteiger partial charge < -0.3 is 10.5 Å². The molecule has 1 aromatic rings. The lowest BCUT2D eigenvalue weighted by Crippen LogP contribution is -1.99. The summed E-state index contributed by atoms with van der Waals surface area (Å²) >= 11 is 0. The van der Waals surface area contributed by atoms with E-state index in [2.05, 4.69) is 9.97 Å². The fourth-order valence-electron chi connectivity index (χ4n) is 1.22. The van der Waals surface area contributed by atoms with Crippen LogP contribution >= 0.6 is 0 Å². The molecule has 2 N–H and O–H groups in total. The van der Waals surface area contributed by atoms with Crippen LogP contribution in [-0.2, 0) is 6.42 Å². The first-order chi connectivity index (χ1) is 5.27. The topological polar surface area (TPSA) is 61.0 Å². The van der Waals surface area contributed by atoms with Gasteiger partial charge in [-0.2, -0.15) is 0 Å². The average molecular weight is 151 g/mol. The summed E-state index contributed by atoms with van der Waals surface area (Å²) in [6.07, 6.45) is 0.850. The molecule has 0 saturated carbocycles. The van der Waals surface area contributed by atoms with Crippen molar-refractivity contribution in [2.75, 3.05) is 12.3 Å². The van der Waals surface area contributed by atoms with Crippen molar-refractivity contribution in [2.45, 2.75) is 13.3 Å². The average Bonchev–Trinajstić information content (AvgIpc) is 2.34. The zero-order chi connectivity index (χ0) is 7.84. The van der Waals surface area contributed by atoms with Crippen molar-refractivity contribution in [1.82, 2.24) is 9.97 Å². The summed E-state index contributed by atoms with van der Waals surface area (Å²) in [6.45, 7) is 2.51. The molecule has 0 aliphatic carbocycles. The highest BCUT2D eigenvalue weighted by molar-refractivity contribution is 5.50. The second-order valence-electron chi connectivity index (χ2n) is 2.53. The maximum Gasteiger partial charge on any atom is 0.183 e. The molecule has 11 heavy (non-hydrogen) atoms. The molecular weight excluding hydrogens is 142 g/mol. The van der Waals surface area contributed by atoms with Crippen LogP contribution in [0.2, 0.25) is 0 Å². The zero-order valence-electron chi connectivity index (χ0n) is 6.29. The third kappa shape index (κ3) is 0.906. The van der Waals surface area contributed by atoms with E-state index in [1.165, 1.54) is 0 Å². The number of hydrogen-bond acceptors (Lipinski definition) is 4. The van der Waals surface area contributed by atoms with Crippen molar-refractivity contribution in [3.8, 4) is 5.75 Å². The maximum absolute atomic E-state index is 5.60. The Labute approximate surface area is 64.4 Å². The largest absolute Gasteiger partial charge is 0.487 e. The van der Waals surface area contributed by atoms with Crippen molar-refractivity contribution < 1.29 is 4.74 Å². The molecular formula is C7H9N3O. The molecule has 0 unspecified atom stereocenters. The molecule has 0 atom stereocenters. The van der Waals surface area contributed by atoms with Gasteiger partial charge in [0.15, 0.2) is 11.6 Å². The highest BCUT2D eigenvalue weighted by atomic mass is 16.5. The van der Waals surface area contributed by atoms with Gasteiger partial charge in [-0.05, 0) is 6.92 Å². The quantitative estimate of drug-likeness (QED) is 0.579. The number of hydrogen-bond donors (Lipinski definition) is 1. The summed E-state index contributed by atoms with van der Waals surface area (Å²) in [4.78, 5) is 8.19. The van der Waals surface area contributed by atoms with Gasteiger partial charge in [-0.3, -0.25) is 0 Å². The Bertz CT molecular complexity index is 298. The third-order valence-corrected chi connectivity index (χ3v) is 1.66. The lowest BCUT2D eigenvalue weighted by Gasteiger charge is -2.01. The van der Waals surface area contributed by atoms with Gasteiger partial charge in [0.05, 0.1) is 12.3 Å². The number of aromatic nitrogens is 2. The molecule has 0 spiro atoms. The first kappa shape index (κ1) is 6.39.